The smallest absolute Gasteiger partial charge is 0.354 e. The molecular formula is C14H15NO4. The summed E-state index contributed by atoms with van der Waals surface area (Å²) in [6, 6.07) is 6.72. The SMILES string of the molecule is CCCOc1ccc2nc(C(=O)O)cc(OC)c2c1. The maximum atomic E-state index is 11.0. The number of aromatic carboxylic acids is 1. The van der Waals surface area contributed by atoms with Gasteiger partial charge in [0.2, 0.25) is 0 Å². The van der Waals surface area contributed by atoms with Gasteiger partial charge < -0.3 is 14.6 Å². The lowest BCUT2D eigenvalue weighted by atomic mass is 10.1. The Balaban J connectivity index is 2.52. The molecule has 19 heavy (non-hydrogen) atoms. The van der Waals surface area contributed by atoms with E-state index in [1.807, 2.05) is 13.0 Å². The molecule has 0 aliphatic carbocycles. The van der Waals surface area contributed by atoms with E-state index in [2.05, 4.69) is 4.98 Å². The van der Waals surface area contributed by atoms with Gasteiger partial charge in [-0.15, -0.1) is 0 Å². The maximum absolute atomic E-state index is 11.0. The zero-order valence-corrected chi connectivity index (χ0v) is 10.8. The fourth-order valence-corrected chi connectivity index (χ4v) is 1.76. The van der Waals surface area contributed by atoms with Crippen LogP contribution in [0.2, 0.25) is 0 Å². The molecule has 2 rings (SSSR count). The fraction of sp³-hybridized carbons (Fsp3) is 0.286. The van der Waals surface area contributed by atoms with E-state index in [9.17, 15) is 4.79 Å². The number of carboxylic acids is 1. The van der Waals surface area contributed by atoms with Crippen LogP contribution in [0.1, 0.15) is 23.8 Å². The van der Waals surface area contributed by atoms with Gasteiger partial charge in [-0.2, -0.15) is 0 Å². The second-order valence-electron chi connectivity index (χ2n) is 4.04. The fourth-order valence-electron chi connectivity index (χ4n) is 1.76. The molecule has 0 fully saturated rings. The number of carbonyl (C=O) groups is 1. The average Bonchev–Trinajstić information content (AvgIpc) is 2.43. The molecule has 0 radical (unpaired) electrons. The number of carboxylic acid groups (broad SMARTS) is 1. The van der Waals surface area contributed by atoms with Crippen LogP contribution in [-0.4, -0.2) is 29.8 Å². The highest BCUT2D eigenvalue weighted by molar-refractivity contribution is 5.93. The van der Waals surface area contributed by atoms with Crippen LogP contribution in [0.15, 0.2) is 24.3 Å². The summed E-state index contributed by atoms with van der Waals surface area (Å²) in [5.41, 5.74) is 0.534. The number of nitrogens with zero attached hydrogens (tertiary/aromatic N) is 1. The highest BCUT2D eigenvalue weighted by atomic mass is 16.5. The van der Waals surface area contributed by atoms with Gasteiger partial charge in [-0.05, 0) is 24.6 Å². The van der Waals surface area contributed by atoms with Crippen molar-refractivity contribution in [1.29, 1.82) is 0 Å². The van der Waals surface area contributed by atoms with Crippen LogP contribution in [0.25, 0.3) is 10.9 Å². The van der Waals surface area contributed by atoms with E-state index in [1.165, 1.54) is 13.2 Å². The molecular weight excluding hydrogens is 246 g/mol. The molecule has 100 valence electrons. The van der Waals surface area contributed by atoms with Gasteiger partial charge in [-0.1, -0.05) is 6.92 Å². The molecule has 1 aromatic carbocycles. The number of ether oxygens (including phenoxy) is 2. The van der Waals surface area contributed by atoms with Crippen molar-refractivity contribution in [2.75, 3.05) is 13.7 Å². The summed E-state index contributed by atoms with van der Waals surface area (Å²) in [5, 5.41) is 9.73. The molecule has 1 aromatic heterocycles. The van der Waals surface area contributed by atoms with Crippen molar-refractivity contribution in [3.8, 4) is 11.5 Å². The minimum Gasteiger partial charge on any atom is -0.496 e. The second kappa shape index (κ2) is 5.56. The molecule has 0 aliphatic heterocycles. The quantitative estimate of drug-likeness (QED) is 0.896. The monoisotopic (exact) mass is 261 g/mol. The summed E-state index contributed by atoms with van der Waals surface area (Å²) in [5.74, 6) is 0.119. The summed E-state index contributed by atoms with van der Waals surface area (Å²) in [7, 11) is 1.50. The van der Waals surface area contributed by atoms with Crippen molar-refractivity contribution in [3.05, 3.63) is 30.0 Å². The highest BCUT2D eigenvalue weighted by Gasteiger charge is 2.12. The van der Waals surface area contributed by atoms with Crippen LogP contribution >= 0.6 is 0 Å². The predicted molar refractivity (Wildman–Crippen MR) is 71.0 cm³/mol. The van der Waals surface area contributed by atoms with Crippen molar-refractivity contribution >= 4 is 16.9 Å². The molecule has 1 N–H and O–H groups in total. The van der Waals surface area contributed by atoms with Gasteiger partial charge in [0.1, 0.15) is 11.5 Å². The third-order valence-corrected chi connectivity index (χ3v) is 2.65. The number of pyridine rings is 1. The number of aromatic nitrogens is 1. The normalized spacial score (nSPS) is 10.4. The Labute approximate surface area is 110 Å². The summed E-state index contributed by atoms with van der Waals surface area (Å²) < 4.78 is 10.8. The summed E-state index contributed by atoms with van der Waals surface area (Å²) in [4.78, 5) is 15.0. The maximum Gasteiger partial charge on any atom is 0.354 e. The van der Waals surface area contributed by atoms with E-state index in [1.54, 1.807) is 12.1 Å². The largest absolute Gasteiger partial charge is 0.496 e. The van der Waals surface area contributed by atoms with Gasteiger partial charge in [-0.3, -0.25) is 0 Å². The molecule has 0 atom stereocenters. The number of fused-ring (bicyclic) bond motifs is 1. The standard InChI is InChI=1S/C14H15NO4/c1-3-6-19-9-4-5-11-10(7-9)13(18-2)8-12(15-11)14(16)17/h4-5,7-8H,3,6H2,1-2H3,(H,16,17). The second-order valence-corrected chi connectivity index (χ2v) is 4.04. The number of benzene rings is 1. The van der Waals surface area contributed by atoms with Gasteiger partial charge in [0, 0.05) is 11.5 Å². The van der Waals surface area contributed by atoms with Gasteiger partial charge in [-0.25, -0.2) is 9.78 Å². The van der Waals surface area contributed by atoms with Crippen LogP contribution in [0.5, 0.6) is 11.5 Å². The Hall–Kier alpha value is -2.30. The van der Waals surface area contributed by atoms with Crippen molar-refractivity contribution in [1.82, 2.24) is 4.98 Å². The molecule has 0 spiro atoms. The molecule has 0 saturated carbocycles. The molecule has 0 bridgehead atoms. The molecule has 0 saturated heterocycles. The Morgan fingerprint density at radius 1 is 1.37 bits per heavy atom. The Morgan fingerprint density at radius 3 is 2.79 bits per heavy atom. The molecule has 0 unspecified atom stereocenters. The summed E-state index contributed by atoms with van der Waals surface area (Å²) >= 11 is 0. The third kappa shape index (κ3) is 2.76. The van der Waals surface area contributed by atoms with Crippen LogP contribution in [0.3, 0.4) is 0 Å². The van der Waals surface area contributed by atoms with Crippen molar-refractivity contribution in [2.24, 2.45) is 0 Å². The summed E-state index contributed by atoms with van der Waals surface area (Å²) in [6.45, 7) is 2.66. The lowest BCUT2D eigenvalue weighted by Gasteiger charge is -2.09. The molecule has 0 aliphatic rings. The average molecular weight is 261 g/mol. The first kappa shape index (κ1) is 13.1. The predicted octanol–water partition coefficient (Wildman–Crippen LogP) is 2.73. The number of hydrogen-bond donors (Lipinski definition) is 1. The molecule has 5 heteroatoms. The van der Waals surface area contributed by atoms with Crippen LogP contribution < -0.4 is 9.47 Å². The van der Waals surface area contributed by atoms with E-state index in [0.717, 1.165) is 17.6 Å². The number of rotatable bonds is 5. The zero-order valence-electron chi connectivity index (χ0n) is 10.8. The van der Waals surface area contributed by atoms with E-state index >= 15 is 0 Å². The molecule has 1 heterocycles. The Kier molecular flexibility index (Phi) is 3.85. The van der Waals surface area contributed by atoms with Gasteiger partial charge in [0.25, 0.3) is 0 Å². The van der Waals surface area contributed by atoms with Gasteiger partial charge in [0.15, 0.2) is 5.69 Å². The first-order chi connectivity index (χ1) is 9.15. The van der Waals surface area contributed by atoms with Crippen molar-refractivity contribution in [2.45, 2.75) is 13.3 Å². The molecule has 2 aromatic rings. The Bertz CT molecular complexity index is 610. The summed E-state index contributed by atoms with van der Waals surface area (Å²) in [6.07, 6.45) is 0.922. The lowest BCUT2D eigenvalue weighted by Crippen LogP contribution is -2.02. The first-order valence-corrected chi connectivity index (χ1v) is 6.00. The minimum atomic E-state index is -1.08. The van der Waals surface area contributed by atoms with Crippen LogP contribution in [0.4, 0.5) is 0 Å². The van der Waals surface area contributed by atoms with Crippen LogP contribution in [-0.2, 0) is 0 Å². The molecule has 5 nitrogen and oxygen atoms in total. The van der Waals surface area contributed by atoms with E-state index in [0.29, 0.717) is 17.9 Å². The number of hydrogen-bond acceptors (Lipinski definition) is 4. The minimum absolute atomic E-state index is 0.0356. The lowest BCUT2D eigenvalue weighted by molar-refractivity contribution is 0.0690. The Morgan fingerprint density at radius 2 is 2.16 bits per heavy atom. The van der Waals surface area contributed by atoms with Crippen molar-refractivity contribution in [3.63, 3.8) is 0 Å². The third-order valence-electron chi connectivity index (χ3n) is 2.65. The first-order valence-electron chi connectivity index (χ1n) is 6.00. The van der Waals surface area contributed by atoms with E-state index in [4.69, 9.17) is 14.6 Å². The number of methoxy groups -OCH3 is 1. The highest BCUT2D eigenvalue weighted by Crippen LogP contribution is 2.29. The van der Waals surface area contributed by atoms with Gasteiger partial charge >= 0.3 is 5.97 Å². The van der Waals surface area contributed by atoms with E-state index < -0.39 is 5.97 Å². The zero-order chi connectivity index (χ0) is 13.8. The topological polar surface area (TPSA) is 68.7 Å². The van der Waals surface area contributed by atoms with Crippen LogP contribution in [0, 0.1) is 0 Å². The van der Waals surface area contributed by atoms with Gasteiger partial charge in [0.05, 0.1) is 19.2 Å². The molecule has 0 amide bonds. The van der Waals surface area contributed by atoms with Crippen molar-refractivity contribution < 1.29 is 19.4 Å². The van der Waals surface area contributed by atoms with E-state index in [-0.39, 0.29) is 5.69 Å².